The Hall–Kier alpha value is -0.540. The van der Waals surface area contributed by atoms with Gasteiger partial charge in [-0.25, -0.2) is 0 Å². The largest absolute Gasteiger partial charge is 0.395 e. The van der Waals surface area contributed by atoms with E-state index in [0.717, 1.165) is 25.0 Å². The summed E-state index contributed by atoms with van der Waals surface area (Å²) in [5.74, 6) is 0. The van der Waals surface area contributed by atoms with Crippen LogP contribution < -0.4 is 0 Å². The number of allylic oxidation sites excluding steroid dienone is 1. The summed E-state index contributed by atoms with van der Waals surface area (Å²) in [5.41, 5.74) is 1.10. The zero-order valence-corrected chi connectivity index (χ0v) is 29.9. The van der Waals surface area contributed by atoms with Gasteiger partial charge >= 0.3 is 0 Å². The summed E-state index contributed by atoms with van der Waals surface area (Å²) in [6.07, 6.45) is 42.8. The molecule has 0 aliphatic carbocycles. The summed E-state index contributed by atoms with van der Waals surface area (Å²) in [6, 6.07) is 0. The van der Waals surface area contributed by atoms with Crippen molar-refractivity contribution in [2.24, 2.45) is 0 Å². The third-order valence-electron chi connectivity index (χ3n) is 9.46. The van der Waals surface area contributed by atoms with E-state index in [9.17, 15) is 10.2 Å². The fraction of sp³-hybridized carbons (Fsp3) is 0.950. The lowest BCUT2D eigenvalue weighted by atomic mass is 10.0. The SMILES string of the molecule is C=C(CCCCCCCCCCCCCCC)N(CCO)CC(O)CCCCCCCCCCCCCCCCCCC. The highest BCUT2D eigenvalue weighted by Gasteiger charge is 2.13. The van der Waals surface area contributed by atoms with Crippen LogP contribution >= 0.6 is 0 Å². The number of nitrogens with zero attached hydrogens (tertiary/aromatic N) is 1. The van der Waals surface area contributed by atoms with Gasteiger partial charge in [0.1, 0.15) is 0 Å². The molecule has 258 valence electrons. The van der Waals surface area contributed by atoms with E-state index in [4.69, 9.17) is 0 Å². The number of hydrogen-bond acceptors (Lipinski definition) is 3. The van der Waals surface area contributed by atoms with Crippen LogP contribution in [0.3, 0.4) is 0 Å². The molecule has 1 atom stereocenters. The number of aliphatic hydroxyl groups excluding tert-OH is 2. The van der Waals surface area contributed by atoms with E-state index in [2.05, 4.69) is 25.3 Å². The first kappa shape index (κ1) is 42.5. The van der Waals surface area contributed by atoms with Gasteiger partial charge < -0.3 is 15.1 Å². The molecule has 0 heterocycles. The van der Waals surface area contributed by atoms with Crippen molar-refractivity contribution < 1.29 is 10.2 Å². The van der Waals surface area contributed by atoms with Crippen LogP contribution in [0.2, 0.25) is 0 Å². The van der Waals surface area contributed by atoms with Crippen LogP contribution in [0, 0.1) is 0 Å². The average Bonchev–Trinajstić information content (AvgIpc) is 3.00. The van der Waals surface area contributed by atoms with Crippen LogP contribution in [-0.2, 0) is 0 Å². The van der Waals surface area contributed by atoms with E-state index < -0.39 is 0 Å². The van der Waals surface area contributed by atoms with Gasteiger partial charge in [0.15, 0.2) is 0 Å². The normalized spacial score (nSPS) is 12.2. The lowest BCUT2D eigenvalue weighted by molar-refractivity contribution is 0.106. The van der Waals surface area contributed by atoms with Crippen molar-refractivity contribution in [3.05, 3.63) is 12.3 Å². The highest BCUT2D eigenvalue weighted by molar-refractivity contribution is 4.94. The molecule has 0 aromatic heterocycles. The molecule has 0 aromatic rings. The molecule has 0 spiro atoms. The zero-order valence-electron chi connectivity index (χ0n) is 29.9. The average molecular weight is 608 g/mol. The third kappa shape index (κ3) is 32.7. The van der Waals surface area contributed by atoms with Crippen LogP contribution in [0.15, 0.2) is 12.3 Å². The summed E-state index contributed by atoms with van der Waals surface area (Å²) < 4.78 is 0. The van der Waals surface area contributed by atoms with E-state index in [1.54, 1.807) is 0 Å². The molecule has 0 saturated heterocycles. The van der Waals surface area contributed by atoms with Gasteiger partial charge in [0.2, 0.25) is 0 Å². The molecule has 43 heavy (non-hydrogen) atoms. The van der Waals surface area contributed by atoms with Gasteiger partial charge in [-0.15, -0.1) is 0 Å². The molecule has 3 heteroatoms. The molecule has 0 bridgehead atoms. The Morgan fingerprint density at radius 1 is 0.488 bits per heavy atom. The summed E-state index contributed by atoms with van der Waals surface area (Å²) >= 11 is 0. The van der Waals surface area contributed by atoms with E-state index in [1.165, 1.54) is 186 Å². The molecular weight excluding hydrogens is 526 g/mol. The van der Waals surface area contributed by atoms with Gasteiger partial charge in [0.25, 0.3) is 0 Å². The molecule has 1 unspecified atom stereocenters. The molecule has 0 amide bonds. The lowest BCUT2D eigenvalue weighted by Gasteiger charge is -2.28. The summed E-state index contributed by atoms with van der Waals surface area (Å²) in [7, 11) is 0. The number of rotatable bonds is 37. The second kappa shape index (κ2) is 35.9. The first-order chi connectivity index (χ1) is 21.2. The topological polar surface area (TPSA) is 43.7 Å². The molecule has 0 aliphatic heterocycles. The molecule has 0 aromatic carbocycles. The van der Waals surface area contributed by atoms with Crippen LogP contribution in [0.4, 0.5) is 0 Å². The maximum atomic E-state index is 10.6. The predicted octanol–water partition coefficient (Wildman–Crippen LogP) is 12.7. The highest BCUT2D eigenvalue weighted by Crippen LogP contribution is 2.18. The van der Waals surface area contributed by atoms with E-state index in [0.29, 0.717) is 13.1 Å². The lowest BCUT2D eigenvalue weighted by Crippen LogP contribution is -2.33. The molecule has 0 rings (SSSR count). The van der Waals surface area contributed by atoms with Crippen LogP contribution in [0.5, 0.6) is 0 Å². The van der Waals surface area contributed by atoms with Gasteiger partial charge in [0, 0.05) is 18.8 Å². The first-order valence-corrected chi connectivity index (χ1v) is 19.9. The molecule has 0 radical (unpaired) electrons. The van der Waals surface area contributed by atoms with Gasteiger partial charge in [-0.05, 0) is 19.3 Å². The molecular formula is C40H81NO2. The Bertz CT molecular complexity index is 537. The molecule has 3 nitrogen and oxygen atoms in total. The van der Waals surface area contributed by atoms with E-state index in [-0.39, 0.29) is 12.7 Å². The Labute approximate surface area is 272 Å². The molecule has 0 aliphatic rings. The minimum Gasteiger partial charge on any atom is -0.395 e. The Kier molecular flexibility index (Phi) is 35.5. The van der Waals surface area contributed by atoms with Gasteiger partial charge in [-0.2, -0.15) is 0 Å². The minimum atomic E-state index is -0.314. The molecule has 0 saturated carbocycles. The molecule has 2 N–H and O–H groups in total. The zero-order chi connectivity index (χ0) is 31.5. The maximum absolute atomic E-state index is 10.6. The maximum Gasteiger partial charge on any atom is 0.0715 e. The second-order valence-electron chi connectivity index (χ2n) is 13.8. The van der Waals surface area contributed by atoms with Crippen molar-refractivity contribution in [2.45, 2.75) is 225 Å². The standard InChI is InChI=1S/C40H81NO2/c1-4-6-8-10-12-14-16-18-19-20-21-23-25-27-29-31-33-35-40(43)38-41(36-37-42)39(3)34-32-30-28-26-24-22-17-15-13-11-9-7-5-2/h40,42-43H,3-38H2,1-2H3. The monoisotopic (exact) mass is 608 g/mol. The Balaban J connectivity index is 3.60. The van der Waals surface area contributed by atoms with Crippen molar-refractivity contribution in [3.8, 4) is 0 Å². The van der Waals surface area contributed by atoms with Crippen LogP contribution in [-0.4, -0.2) is 40.9 Å². The summed E-state index contributed by atoms with van der Waals surface area (Å²) in [6.45, 7) is 10.2. The van der Waals surface area contributed by atoms with Gasteiger partial charge in [-0.1, -0.05) is 207 Å². The van der Waals surface area contributed by atoms with Gasteiger partial charge in [0.05, 0.1) is 12.7 Å². The molecule has 0 fully saturated rings. The van der Waals surface area contributed by atoms with Crippen molar-refractivity contribution in [3.63, 3.8) is 0 Å². The van der Waals surface area contributed by atoms with Crippen LogP contribution in [0.25, 0.3) is 0 Å². The Morgan fingerprint density at radius 3 is 1.12 bits per heavy atom. The van der Waals surface area contributed by atoms with Crippen molar-refractivity contribution in [1.29, 1.82) is 0 Å². The van der Waals surface area contributed by atoms with E-state index >= 15 is 0 Å². The quantitative estimate of drug-likeness (QED) is 0.0690. The van der Waals surface area contributed by atoms with E-state index in [1.807, 2.05) is 0 Å². The van der Waals surface area contributed by atoms with Gasteiger partial charge in [-0.3, -0.25) is 0 Å². The third-order valence-corrected chi connectivity index (χ3v) is 9.46. The fourth-order valence-corrected chi connectivity index (χ4v) is 6.45. The second-order valence-corrected chi connectivity index (χ2v) is 13.8. The van der Waals surface area contributed by atoms with Crippen molar-refractivity contribution in [2.75, 3.05) is 19.7 Å². The number of unbranched alkanes of at least 4 members (excludes halogenated alkanes) is 28. The van der Waals surface area contributed by atoms with Crippen molar-refractivity contribution >= 4 is 0 Å². The predicted molar refractivity (Wildman–Crippen MR) is 193 cm³/mol. The summed E-state index contributed by atoms with van der Waals surface area (Å²) in [4.78, 5) is 2.14. The van der Waals surface area contributed by atoms with Crippen LogP contribution in [0.1, 0.15) is 219 Å². The highest BCUT2D eigenvalue weighted by atomic mass is 16.3. The smallest absolute Gasteiger partial charge is 0.0715 e. The minimum absolute atomic E-state index is 0.128. The van der Waals surface area contributed by atoms with Crippen molar-refractivity contribution in [1.82, 2.24) is 4.90 Å². The number of aliphatic hydroxyl groups is 2. The Morgan fingerprint density at radius 2 is 0.791 bits per heavy atom. The fourth-order valence-electron chi connectivity index (χ4n) is 6.45. The summed E-state index contributed by atoms with van der Waals surface area (Å²) in [5, 5.41) is 20.2. The number of hydrogen-bond donors (Lipinski definition) is 2. The first-order valence-electron chi connectivity index (χ1n) is 19.9.